The van der Waals surface area contributed by atoms with Crippen LogP contribution in [0.2, 0.25) is 0 Å². The molecule has 0 amide bonds. The predicted molar refractivity (Wildman–Crippen MR) is 139 cm³/mol. The van der Waals surface area contributed by atoms with Crippen LogP contribution in [-0.4, -0.2) is 28.2 Å². The molecule has 2 heterocycles. The average Bonchev–Trinajstić information content (AvgIpc) is 3.33. The van der Waals surface area contributed by atoms with Gasteiger partial charge in [0.15, 0.2) is 11.7 Å². The van der Waals surface area contributed by atoms with Crippen LogP contribution < -0.4 is 5.73 Å². The van der Waals surface area contributed by atoms with Crippen molar-refractivity contribution >= 4 is 29.0 Å². The number of likely N-dealkylation sites (tertiary alicyclic amines) is 1. The maximum absolute atomic E-state index is 14.0. The molecule has 1 fully saturated rings. The molecule has 2 aliphatic rings. The van der Waals surface area contributed by atoms with Crippen molar-refractivity contribution in [2.75, 3.05) is 6.61 Å². The molecule has 0 bridgehead atoms. The Morgan fingerprint density at radius 3 is 2.17 bits per heavy atom. The lowest BCUT2D eigenvalue weighted by Gasteiger charge is -2.39. The number of ketones is 1. The minimum absolute atomic E-state index is 0.0475. The van der Waals surface area contributed by atoms with E-state index in [1.165, 1.54) is 0 Å². The Labute approximate surface area is 215 Å². The van der Waals surface area contributed by atoms with Crippen molar-refractivity contribution in [2.24, 2.45) is 17.6 Å². The highest BCUT2D eigenvalue weighted by Crippen LogP contribution is 2.58. The summed E-state index contributed by atoms with van der Waals surface area (Å²) >= 11 is 6.02. The first-order valence-electron chi connectivity index (χ1n) is 11.8. The van der Waals surface area contributed by atoms with E-state index in [4.69, 9.17) is 27.4 Å². The van der Waals surface area contributed by atoms with Gasteiger partial charge in [-0.1, -0.05) is 103 Å². The Morgan fingerprint density at radius 1 is 0.972 bits per heavy atom. The number of ether oxygens (including phenoxy) is 2. The molecule has 3 aromatic carbocycles. The number of nitrogens with two attached hydrogens (primary N) is 1. The maximum Gasteiger partial charge on any atom is 0.339 e. The quantitative estimate of drug-likeness (QED) is 0.290. The van der Waals surface area contributed by atoms with Gasteiger partial charge >= 0.3 is 5.97 Å². The molecule has 0 aliphatic carbocycles. The molecule has 0 unspecified atom stereocenters. The minimum Gasteiger partial charge on any atom is -0.462 e. The highest BCUT2D eigenvalue weighted by Gasteiger charge is 2.67. The average molecular weight is 499 g/mol. The van der Waals surface area contributed by atoms with Gasteiger partial charge in [-0.3, -0.25) is 4.79 Å². The second-order valence-electron chi connectivity index (χ2n) is 8.76. The molecule has 182 valence electrons. The predicted octanol–water partition coefficient (Wildman–Crippen LogP) is 4.56. The van der Waals surface area contributed by atoms with Crippen molar-refractivity contribution in [1.82, 2.24) is 4.90 Å². The van der Waals surface area contributed by atoms with E-state index in [1.807, 2.05) is 71.6 Å². The van der Waals surface area contributed by atoms with Crippen molar-refractivity contribution in [1.29, 1.82) is 0 Å². The molecule has 6 nitrogen and oxygen atoms in total. The van der Waals surface area contributed by atoms with Crippen molar-refractivity contribution < 1.29 is 19.1 Å². The smallest absolute Gasteiger partial charge is 0.339 e. The van der Waals surface area contributed by atoms with Crippen LogP contribution in [0.4, 0.5) is 0 Å². The van der Waals surface area contributed by atoms with E-state index in [0.29, 0.717) is 17.1 Å². The van der Waals surface area contributed by atoms with E-state index < -0.39 is 23.5 Å². The van der Waals surface area contributed by atoms with Crippen LogP contribution in [0.5, 0.6) is 0 Å². The molecule has 2 aliphatic heterocycles. The number of Topliss-reactive ketones (excluding diaryl/α,β-unsaturated/α-hetero) is 1. The summed E-state index contributed by atoms with van der Waals surface area (Å²) in [7, 11) is 0. The van der Waals surface area contributed by atoms with E-state index in [9.17, 15) is 9.59 Å². The number of hydrogen-bond donors (Lipinski definition) is 1. The van der Waals surface area contributed by atoms with E-state index in [1.54, 1.807) is 31.2 Å². The topological polar surface area (TPSA) is 81.9 Å². The molecule has 7 heteroatoms. The van der Waals surface area contributed by atoms with Crippen LogP contribution in [0.15, 0.2) is 102 Å². The van der Waals surface area contributed by atoms with Crippen molar-refractivity contribution in [3.05, 3.63) is 119 Å². The number of thiocarbonyl (C=S) groups is 1. The number of fused-ring (bicyclic) bond motifs is 1. The van der Waals surface area contributed by atoms with Gasteiger partial charge in [-0.25, -0.2) is 4.79 Å². The zero-order valence-electron chi connectivity index (χ0n) is 19.8. The molecule has 3 aromatic rings. The first-order chi connectivity index (χ1) is 17.5. The van der Waals surface area contributed by atoms with Crippen LogP contribution >= 0.6 is 12.2 Å². The van der Waals surface area contributed by atoms with Crippen molar-refractivity contribution in [3.8, 4) is 0 Å². The van der Waals surface area contributed by atoms with E-state index in [-0.39, 0.29) is 23.8 Å². The zero-order chi connectivity index (χ0) is 25.3. The van der Waals surface area contributed by atoms with Gasteiger partial charge in [0.25, 0.3) is 0 Å². The molecular formula is C29H26N2O4S. The second kappa shape index (κ2) is 9.59. The van der Waals surface area contributed by atoms with Gasteiger partial charge in [0, 0.05) is 17.7 Å². The number of nitrogens with zero attached hydrogens (tertiary/aromatic N) is 1. The fourth-order valence-electron chi connectivity index (χ4n) is 5.24. The Balaban J connectivity index is 1.73. The van der Waals surface area contributed by atoms with Crippen molar-refractivity contribution in [2.45, 2.75) is 19.2 Å². The van der Waals surface area contributed by atoms with Gasteiger partial charge < -0.3 is 20.1 Å². The van der Waals surface area contributed by atoms with Gasteiger partial charge in [0.1, 0.15) is 5.57 Å². The highest BCUT2D eigenvalue weighted by atomic mass is 32.1. The Morgan fingerprint density at radius 2 is 1.56 bits per heavy atom. The molecule has 1 saturated heterocycles. The molecular weight excluding hydrogens is 472 g/mol. The van der Waals surface area contributed by atoms with Crippen LogP contribution in [0.1, 0.15) is 28.4 Å². The Kier molecular flexibility index (Phi) is 6.33. The number of carbonyl (C=O) groups excluding carboxylic acids is 2. The molecule has 0 spiro atoms. The monoisotopic (exact) mass is 498 g/mol. The molecule has 0 aromatic heterocycles. The third-order valence-corrected chi connectivity index (χ3v) is 7.21. The first-order valence-corrected chi connectivity index (χ1v) is 12.3. The molecule has 0 saturated carbocycles. The molecule has 2 N–H and O–H groups in total. The summed E-state index contributed by atoms with van der Waals surface area (Å²) in [6, 6.07) is 28.2. The third kappa shape index (κ3) is 3.76. The number of rotatable bonds is 7. The van der Waals surface area contributed by atoms with Crippen LogP contribution in [0.3, 0.4) is 0 Å². The van der Waals surface area contributed by atoms with Crippen molar-refractivity contribution in [3.63, 3.8) is 0 Å². The van der Waals surface area contributed by atoms with Crippen LogP contribution in [-0.2, 0) is 26.5 Å². The molecule has 36 heavy (non-hydrogen) atoms. The summed E-state index contributed by atoms with van der Waals surface area (Å²) < 4.78 is 11.8. The van der Waals surface area contributed by atoms with Gasteiger partial charge in [-0.2, -0.15) is 0 Å². The minimum atomic E-state index is -1.28. The fraction of sp³-hybridized carbons (Fsp3) is 0.207. The summed E-state index contributed by atoms with van der Waals surface area (Å²) in [6.07, 6.45) is 0. The number of hydrogen-bond acceptors (Lipinski definition) is 6. The van der Waals surface area contributed by atoms with E-state index in [2.05, 4.69) is 0 Å². The van der Waals surface area contributed by atoms with Gasteiger partial charge in [0.2, 0.25) is 5.72 Å². The van der Waals surface area contributed by atoms with Crippen LogP contribution in [0, 0.1) is 11.8 Å². The summed E-state index contributed by atoms with van der Waals surface area (Å²) in [5.74, 6) is -2.49. The van der Waals surface area contributed by atoms with Gasteiger partial charge in [-0.05, 0) is 12.5 Å². The lowest BCUT2D eigenvalue weighted by atomic mass is 9.77. The fourth-order valence-corrected chi connectivity index (χ4v) is 5.68. The highest BCUT2D eigenvalue weighted by molar-refractivity contribution is 7.80. The molecule has 0 radical (unpaired) electrons. The number of esters is 1. The largest absolute Gasteiger partial charge is 0.462 e. The second-order valence-corrected chi connectivity index (χ2v) is 9.18. The molecule has 3 atom stereocenters. The summed E-state index contributed by atoms with van der Waals surface area (Å²) in [4.78, 5) is 29.6. The number of benzene rings is 3. The van der Waals surface area contributed by atoms with E-state index in [0.717, 1.165) is 11.1 Å². The zero-order valence-corrected chi connectivity index (χ0v) is 20.6. The number of carbonyl (C=O) groups is 2. The SMILES string of the molecule is CCOC(=O)C1=C(N)O[C@@]2(c3ccccc3)[C@@H]1[C@H](C(=O)c1ccccc1)C(=S)N2Cc1ccccc1. The third-order valence-electron chi connectivity index (χ3n) is 6.74. The van der Waals surface area contributed by atoms with Gasteiger partial charge in [-0.15, -0.1) is 0 Å². The Bertz CT molecular complexity index is 1330. The summed E-state index contributed by atoms with van der Waals surface area (Å²) in [5, 5.41) is 0. The van der Waals surface area contributed by atoms with E-state index >= 15 is 0 Å². The lowest BCUT2D eigenvalue weighted by molar-refractivity contribution is -0.140. The summed E-state index contributed by atoms with van der Waals surface area (Å²) in [6.45, 7) is 2.26. The molecule has 5 rings (SSSR count). The maximum atomic E-state index is 14.0. The Hall–Kier alpha value is -3.97. The van der Waals surface area contributed by atoms with Gasteiger partial charge in [0.05, 0.1) is 23.4 Å². The van der Waals surface area contributed by atoms with Crippen LogP contribution in [0.25, 0.3) is 0 Å². The first kappa shape index (κ1) is 23.8. The summed E-state index contributed by atoms with van der Waals surface area (Å²) in [5.41, 5.74) is 7.50. The standard InChI is InChI=1S/C29H26N2O4S/c1-2-34-28(33)23-24-22(25(32)20-14-8-4-9-15-20)27(36)31(18-19-12-6-3-7-13-19)29(24,35-26(23)30)21-16-10-5-11-17-21/h3-17,22,24H,2,18,30H2,1H3/t22-,24-,29+/m1/s1. The normalized spacial score (nSPS) is 22.8. The lowest BCUT2D eigenvalue weighted by Crippen LogP contribution is -2.46.